The summed E-state index contributed by atoms with van der Waals surface area (Å²) in [6, 6.07) is 1.16. The molecule has 0 spiro atoms. The van der Waals surface area contributed by atoms with Gasteiger partial charge in [-0.15, -0.1) is 0 Å². The van der Waals surface area contributed by atoms with Crippen LogP contribution >= 0.6 is 0 Å². The van der Waals surface area contributed by atoms with Gasteiger partial charge < -0.3 is 21.8 Å². The molecule has 0 aromatic carbocycles. The molecule has 0 unspecified atom stereocenters. The fourth-order valence-electron chi connectivity index (χ4n) is 0.521. The normalized spacial score (nSPS) is 9.78. The molecule has 1 heterocycles. The molecule has 50 valence electrons. The smallest absolute Gasteiger partial charge is 0.236 e. The van der Waals surface area contributed by atoms with Crippen LogP contribution in [-0.4, -0.2) is 14.9 Å². The van der Waals surface area contributed by atoms with Crippen molar-refractivity contribution >= 4 is 5.69 Å². The van der Waals surface area contributed by atoms with E-state index < -0.39 is 0 Å². The summed E-state index contributed by atoms with van der Waals surface area (Å²) in [5.41, 5.74) is 5.20. The second kappa shape index (κ2) is 1.48. The molecule has 6 N–H and O–H groups in total. The molecule has 0 bridgehead atoms. The van der Waals surface area contributed by atoms with Crippen LogP contribution in [0.4, 0.5) is 5.69 Å². The van der Waals surface area contributed by atoms with E-state index in [2.05, 4.69) is 0 Å². The first-order valence-electron chi connectivity index (χ1n) is 2.27. The average molecular weight is 129 g/mol. The highest BCUT2D eigenvalue weighted by molar-refractivity contribution is 5.53. The van der Waals surface area contributed by atoms with Crippen molar-refractivity contribution in [1.82, 2.24) is 4.68 Å². The maximum Gasteiger partial charge on any atom is 0.236 e. The van der Waals surface area contributed by atoms with E-state index >= 15 is 0 Å². The Balaban J connectivity index is 3.29. The van der Waals surface area contributed by atoms with Gasteiger partial charge in [0, 0.05) is 6.07 Å². The van der Waals surface area contributed by atoms with Gasteiger partial charge in [0.05, 0.1) is 5.69 Å². The van der Waals surface area contributed by atoms with Crippen LogP contribution in [0.25, 0.3) is 0 Å². The van der Waals surface area contributed by atoms with E-state index in [-0.39, 0.29) is 17.4 Å². The Kier molecular flexibility index (Phi) is 0.921. The number of anilines is 1. The molecule has 1 aromatic heterocycles. The van der Waals surface area contributed by atoms with Crippen molar-refractivity contribution in [2.45, 2.75) is 0 Å². The molecule has 0 saturated heterocycles. The van der Waals surface area contributed by atoms with Gasteiger partial charge in [0.1, 0.15) is 0 Å². The Bertz CT molecular complexity index is 207. The van der Waals surface area contributed by atoms with E-state index in [0.29, 0.717) is 4.68 Å². The van der Waals surface area contributed by atoms with Crippen molar-refractivity contribution in [2.24, 2.45) is 0 Å². The molecule has 0 radical (unpaired) electrons. The van der Waals surface area contributed by atoms with Gasteiger partial charge in [-0.05, 0) is 0 Å². The van der Waals surface area contributed by atoms with Crippen molar-refractivity contribution in [2.75, 3.05) is 11.6 Å². The summed E-state index contributed by atoms with van der Waals surface area (Å²) >= 11 is 0. The molecule has 1 aromatic rings. The van der Waals surface area contributed by atoms with E-state index in [0.717, 1.165) is 6.07 Å². The second-order valence-electron chi connectivity index (χ2n) is 1.65. The molecular formula is C4H7N3O2. The van der Waals surface area contributed by atoms with E-state index in [1.165, 1.54) is 0 Å². The third-order valence-corrected chi connectivity index (χ3v) is 1.02. The summed E-state index contributed by atoms with van der Waals surface area (Å²) in [6.07, 6.45) is 0. The maximum atomic E-state index is 8.78. The number of nitrogens with zero attached hydrogens (tertiary/aromatic N) is 1. The van der Waals surface area contributed by atoms with Crippen molar-refractivity contribution in [1.29, 1.82) is 0 Å². The molecule has 0 saturated carbocycles. The fourth-order valence-corrected chi connectivity index (χ4v) is 0.521. The number of aromatic hydroxyl groups is 2. The van der Waals surface area contributed by atoms with Crippen LogP contribution in [0.1, 0.15) is 0 Å². The standard InChI is InChI=1S/C4H7N3O2/c5-2-1-3(8)7(6)4(2)9/h1,8-9H,5-6H2. The highest BCUT2D eigenvalue weighted by atomic mass is 16.3. The Morgan fingerprint density at radius 1 is 1.44 bits per heavy atom. The largest absolute Gasteiger partial charge is 0.493 e. The van der Waals surface area contributed by atoms with Gasteiger partial charge in [0.25, 0.3) is 0 Å². The SMILES string of the molecule is Nc1cc(O)n(N)c1O. The minimum atomic E-state index is -0.326. The first kappa shape index (κ1) is 5.61. The number of rotatable bonds is 0. The summed E-state index contributed by atoms with van der Waals surface area (Å²) in [5.74, 6) is 4.45. The summed E-state index contributed by atoms with van der Waals surface area (Å²) in [5, 5.41) is 17.5. The van der Waals surface area contributed by atoms with Crippen LogP contribution in [0.2, 0.25) is 0 Å². The highest BCUT2D eigenvalue weighted by Crippen LogP contribution is 2.25. The monoisotopic (exact) mass is 129 g/mol. The van der Waals surface area contributed by atoms with Crippen LogP contribution in [0.5, 0.6) is 11.8 Å². The lowest BCUT2D eigenvalue weighted by Crippen LogP contribution is -2.05. The zero-order valence-corrected chi connectivity index (χ0v) is 4.57. The quantitative estimate of drug-likeness (QED) is 0.344. The van der Waals surface area contributed by atoms with Gasteiger partial charge >= 0.3 is 0 Å². The predicted molar refractivity (Wildman–Crippen MR) is 32.3 cm³/mol. The summed E-state index contributed by atoms with van der Waals surface area (Å²) in [6.45, 7) is 0. The zero-order chi connectivity index (χ0) is 7.02. The number of hydrogen-bond acceptors (Lipinski definition) is 4. The lowest BCUT2D eigenvalue weighted by atomic mass is 10.5. The zero-order valence-electron chi connectivity index (χ0n) is 4.57. The van der Waals surface area contributed by atoms with Gasteiger partial charge in [-0.3, -0.25) is 0 Å². The lowest BCUT2D eigenvalue weighted by Gasteiger charge is -1.94. The summed E-state index contributed by atoms with van der Waals surface area (Å²) < 4.78 is 0.690. The third-order valence-electron chi connectivity index (χ3n) is 1.02. The first-order chi connectivity index (χ1) is 4.13. The molecular weight excluding hydrogens is 122 g/mol. The summed E-state index contributed by atoms with van der Waals surface area (Å²) in [4.78, 5) is 0. The Morgan fingerprint density at radius 3 is 2.11 bits per heavy atom. The topological polar surface area (TPSA) is 97.4 Å². The number of nitrogen functional groups attached to an aromatic ring is 2. The van der Waals surface area contributed by atoms with E-state index in [9.17, 15) is 0 Å². The third kappa shape index (κ3) is 0.620. The van der Waals surface area contributed by atoms with Crippen LogP contribution in [0.3, 0.4) is 0 Å². The van der Waals surface area contributed by atoms with Crippen molar-refractivity contribution in [3.8, 4) is 11.8 Å². The van der Waals surface area contributed by atoms with Gasteiger partial charge in [-0.1, -0.05) is 0 Å². The van der Waals surface area contributed by atoms with Gasteiger partial charge in [0.2, 0.25) is 11.8 Å². The number of nitrogens with two attached hydrogens (primary N) is 2. The second-order valence-corrected chi connectivity index (χ2v) is 1.65. The minimum absolute atomic E-state index is 0.0648. The molecule has 0 aliphatic rings. The molecule has 0 fully saturated rings. The fraction of sp³-hybridized carbons (Fsp3) is 0. The number of hydrogen-bond donors (Lipinski definition) is 4. The first-order valence-corrected chi connectivity index (χ1v) is 2.27. The Morgan fingerprint density at radius 2 is 2.00 bits per heavy atom. The van der Waals surface area contributed by atoms with Gasteiger partial charge in [0.15, 0.2) is 0 Å². The minimum Gasteiger partial charge on any atom is -0.493 e. The highest BCUT2D eigenvalue weighted by Gasteiger charge is 2.06. The Labute approximate surface area is 51.1 Å². The summed E-state index contributed by atoms with van der Waals surface area (Å²) in [7, 11) is 0. The van der Waals surface area contributed by atoms with Crippen LogP contribution < -0.4 is 11.6 Å². The average Bonchev–Trinajstić information content (AvgIpc) is 1.98. The van der Waals surface area contributed by atoms with E-state index in [4.69, 9.17) is 21.8 Å². The molecule has 0 amide bonds. The molecule has 0 aliphatic heterocycles. The maximum absolute atomic E-state index is 8.78. The van der Waals surface area contributed by atoms with Crippen LogP contribution in [0.15, 0.2) is 6.07 Å². The lowest BCUT2D eigenvalue weighted by molar-refractivity contribution is 0.396. The number of aromatic nitrogens is 1. The van der Waals surface area contributed by atoms with Crippen molar-refractivity contribution < 1.29 is 10.2 Å². The molecule has 1 rings (SSSR count). The van der Waals surface area contributed by atoms with E-state index in [1.807, 2.05) is 0 Å². The van der Waals surface area contributed by atoms with Crippen molar-refractivity contribution in [3.05, 3.63) is 6.07 Å². The van der Waals surface area contributed by atoms with Crippen LogP contribution in [-0.2, 0) is 0 Å². The van der Waals surface area contributed by atoms with E-state index in [1.54, 1.807) is 0 Å². The molecule has 0 atom stereocenters. The van der Waals surface area contributed by atoms with Crippen LogP contribution in [0, 0.1) is 0 Å². The predicted octanol–water partition coefficient (Wildman–Crippen LogP) is -0.805. The molecule has 5 heteroatoms. The van der Waals surface area contributed by atoms with Gasteiger partial charge in [-0.2, -0.15) is 4.68 Å². The molecule has 0 aliphatic carbocycles. The van der Waals surface area contributed by atoms with Gasteiger partial charge in [-0.25, -0.2) is 0 Å². The van der Waals surface area contributed by atoms with Crippen molar-refractivity contribution in [3.63, 3.8) is 0 Å². The molecule has 5 nitrogen and oxygen atoms in total. The molecule has 9 heavy (non-hydrogen) atoms. The Hall–Kier alpha value is -1.52.